The first-order valence-electron chi connectivity index (χ1n) is 6.89. The second-order valence-corrected chi connectivity index (χ2v) is 6.24. The molecule has 0 atom stereocenters. The summed E-state index contributed by atoms with van der Waals surface area (Å²) >= 11 is 0. The molecule has 1 saturated carbocycles. The van der Waals surface area contributed by atoms with Gasteiger partial charge < -0.3 is 9.47 Å². The fourth-order valence-corrected chi connectivity index (χ4v) is 2.15. The zero-order valence-electron chi connectivity index (χ0n) is 12.8. The van der Waals surface area contributed by atoms with Crippen molar-refractivity contribution in [2.24, 2.45) is 0 Å². The van der Waals surface area contributed by atoms with Crippen LogP contribution in [0.2, 0.25) is 0 Å². The monoisotopic (exact) mass is 288 g/mol. The Kier molecular flexibility index (Phi) is 3.82. The molecule has 1 aromatic carbocycles. The Bertz CT molecular complexity index is 593. The van der Waals surface area contributed by atoms with E-state index in [2.05, 4.69) is 11.4 Å². The maximum absolute atomic E-state index is 11.8. The van der Waals surface area contributed by atoms with Crippen molar-refractivity contribution in [1.29, 1.82) is 5.26 Å². The molecule has 0 radical (unpaired) electrons. The van der Waals surface area contributed by atoms with E-state index in [4.69, 9.17) is 9.47 Å². The van der Waals surface area contributed by atoms with Crippen molar-refractivity contribution in [2.45, 2.75) is 44.6 Å². The summed E-state index contributed by atoms with van der Waals surface area (Å²) in [5.74, 6) is 0.614. The number of benzene rings is 1. The van der Waals surface area contributed by atoms with Crippen molar-refractivity contribution in [1.82, 2.24) is 0 Å². The summed E-state index contributed by atoms with van der Waals surface area (Å²) in [6.07, 6.45) is 1.18. The molecule has 5 heteroatoms. The topological polar surface area (TPSA) is 71.3 Å². The van der Waals surface area contributed by atoms with E-state index in [1.807, 2.05) is 6.07 Å². The molecule has 1 aromatic rings. The minimum Gasteiger partial charge on any atom is -0.496 e. The molecule has 21 heavy (non-hydrogen) atoms. The van der Waals surface area contributed by atoms with E-state index < -0.39 is 17.1 Å². The van der Waals surface area contributed by atoms with E-state index in [1.54, 1.807) is 40.0 Å². The summed E-state index contributed by atoms with van der Waals surface area (Å²) in [4.78, 5) is 11.8. The van der Waals surface area contributed by atoms with E-state index in [1.165, 1.54) is 0 Å². The normalized spacial score (nSPS) is 15.8. The number of ether oxygens (including phenoxy) is 2. The van der Waals surface area contributed by atoms with Crippen LogP contribution < -0.4 is 10.1 Å². The Balaban J connectivity index is 2.17. The smallest absolute Gasteiger partial charge is 0.412 e. The number of nitrogens with zero attached hydrogens (tertiary/aromatic N) is 1. The third-order valence-corrected chi connectivity index (χ3v) is 3.33. The van der Waals surface area contributed by atoms with Gasteiger partial charge in [0.05, 0.1) is 18.6 Å². The SMILES string of the molecule is COc1cc(NC(=O)OC(C)(C)C)ccc1C1(C#N)CC1. The van der Waals surface area contributed by atoms with Crippen LogP contribution in [0.3, 0.4) is 0 Å². The van der Waals surface area contributed by atoms with Gasteiger partial charge in [0.25, 0.3) is 0 Å². The van der Waals surface area contributed by atoms with E-state index >= 15 is 0 Å². The molecular weight excluding hydrogens is 268 g/mol. The molecule has 112 valence electrons. The highest BCUT2D eigenvalue weighted by Crippen LogP contribution is 2.51. The van der Waals surface area contributed by atoms with Gasteiger partial charge in [-0.2, -0.15) is 5.26 Å². The molecule has 1 aliphatic rings. The van der Waals surface area contributed by atoms with Gasteiger partial charge in [-0.15, -0.1) is 0 Å². The number of anilines is 1. The molecule has 0 aromatic heterocycles. The predicted octanol–water partition coefficient (Wildman–Crippen LogP) is 3.60. The molecule has 0 unspecified atom stereocenters. The quantitative estimate of drug-likeness (QED) is 0.922. The number of hydrogen-bond donors (Lipinski definition) is 1. The van der Waals surface area contributed by atoms with Crippen molar-refractivity contribution in [3.05, 3.63) is 23.8 Å². The van der Waals surface area contributed by atoms with Gasteiger partial charge in [-0.05, 0) is 39.7 Å². The number of nitriles is 1. The average molecular weight is 288 g/mol. The van der Waals surface area contributed by atoms with Crippen molar-refractivity contribution in [3.8, 4) is 11.8 Å². The predicted molar refractivity (Wildman–Crippen MR) is 79.4 cm³/mol. The minimum atomic E-state index is -0.549. The van der Waals surface area contributed by atoms with E-state index in [-0.39, 0.29) is 0 Å². The Morgan fingerprint density at radius 2 is 2.05 bits per heavy atom. The number of rotatable bonds is 3. The molecule has 0 bridgehead atoms. The molecule has 0 saturated heterocycles. The zero-order valence-corrected chi connectivity index (χ0v) is 12.8. The van der Waals surface area contributed by atoms with Crippen LogP contribution in [0.4, 0.5) is 10.5 Å². The highest BCUT2D eigenvalue weighted by Gasteiger charge is 2.46. The van der Waals surface area contributed by atoms with Crippen molar-refractivity contribution < 1.29 is 14.3 Å². The van der Waals surface area contributed by atoms with E-state index in [0.29, 0.717) is 11.4 Å². The van der Waals surface area contributed by atoms with Gasteiger partial charge in [-0.25, -0.2) is 4.79 Å². The fraction of sp³-hybridized carbons (Fsp3) is 0.500. The first-order valence-corrected chi connectivity index (χ1v) is 6.89. The molecule has 0 spiro atoms. The second kappa shape index (κ2) is 5.28. The van der Waals surface area contributed by atoms with Crippen molar-refractivity contribution in [2.75, 3.05) is 12.4 Å². The van der Waals surface area contributed by atoms with Crippen LogP contribution in [-0.2, 0) is 10.2 Å². The van der Waals surface area contributed by atoms with Crippen molar-refractivity contribution >= 4 is 11.8 Å². The Labute approximate surface area is 124 Å². The first kappa shape index (κ1) is 15.2. The summed E-state index contributed by atoms with van der Waals surface area (Å²) in [6.45, 7) is 5.42. The van der Waals surface area contributed by atoms with Crippen LogP contribution in [-0.4, -0.2) is 18.8 Å². The Hall–Kier alpha value is -2.22. The van der Waals surface area contributed by atoms with E-state index in [9.17, 15) is 10.1 Å². The maximum Gasteiger partial charge on any atom is 0.412 e. The van der Waals surface area contributed by atoms with Gasteiger partial charge >= 0.3 is 6.09 Å². The summed E-state index contributed by atoms with van der Waals surface area (Å²) in [5, 5.41) is 11.9. The zero-order chi connectivity index (χ0) is 15.7. The Morgan fingerprint density at radius 3 is 2.52 bits per heavy atom. The number of carbonyl (C=O) groups is 1. The average Bonchev–Trinajstić information content (AvgIpc) is 3.17. The highest BCUT2D eigenvalue weighted by atomic mass is 16.6. The lowest BCUT2D eigenvalue weighted by molar-refractivity contribution is 0.0636. The lowest BCUT2D eigenvalue weighted by atomic mass is 9.96. The number of carbonyl (C=O) groups excluding carboxylic acids is 1. The number of hydrogen-bond acceptors (Lipinski definition) is 4. The maximum atomic E-state index is 11.8. The largest absolute Gasteiger partial charge is 0.496 e. The van der Waals surface area contributed by atoms with Gasteiger partial charge in [-0.1, -0.05) is 6.07 Å². The van der Waals surface area contributed by atoms with E-state index in [0.717, 1.165) is 18.4 Å². The summed E-state index contributed by atoms with van der Waals surface area (Å²) in [7, 11) is 1.56. The van der Waals surface area contributed by atoms with Crippen LogP contribution >= 0.6 is 0 Å². The number of amides is 1. The molecule has 1 fully saturated rings. The lowest BCUT2D eigenvalue weighted by Gasteiger charge is -2.20. The van der Waals surface area contributed by atoms with Gasteiger partial charge in [0.2, 0.25) is 0 Å². The molecule has 2 rings (SSSR count). The molecule has 0 aliphatic heterocycles. The molecule has 0 heterocycles. The van der Waals surface area contributed by atoms with Crippen LogP contribution in [0.15, 0.2) is 18.2 Å². The highest BCUT2D eigenvalue weighted by molar-refractivity contribution is 5.85. The standard InChI is InChI=1S/C16H20N2O3/c1-15(2,3)21-14(19)18-11-5-6-12(13(9-11)20-4)16(10-17)7-8-16/h5-6,9H,7-8H2,1-4H3,(H,18,19). The lowest BCUT2D eigenvalue weighted by Crippen LogP contribution is -2.27. The molecule has 1 amide bonds. The van der Waals surface area contributed by atoms with Gasteiger partial charge in [0.1, 0.15) is 11.4 Å². The van der Waals surface area contributed by atoms with Crippen LogP contribution in [0.5, 0.6) is 5.75 Å². The first-order chi connectivity index (χ1) is 9.79. The summed E-state index contributed by atoms with van der Waals surface area (Å²) < 4.78 is 10.6. The fourth-order valence-electron chi connectivity index (χ4n) is 2.15. The molecule has 5 nitrogen and oxygen atoms in total. The number of methoxy groups -OCH3 is 1. The van der Waals surface area contributed by atoms with Crippen LogP contribution in [0, 0.1) is 11.3 Å². The van der Waals surface area contributed by atoms with Crippen molar-refractivity contribution in [3.63, 3.8) is 0 Å². The second-order valence-electron chi connectivity index (χ2n) is 6.24. The van der Waals surface area contributed by atoms with Gasteiger partial charge in [0.15, 0.2) is 0 Å². The number of nitrogens with one attached hydrogen (secondary N) is 1. The minimum absolute atomic E-state index is 0.421. The third-order valence-electron chi connectivity index (χ3n) is 3.33. The third kappa shape index (κ3) is 3.46. The summed E-state index contributed by atoms with van der Waals surface area (Å²) in [5.41, 5.74) is 0.490. The summed E-state index contributed by atoms with van der Waals surface area (Å²) in [6, 6.07) is 7.66. The van der Waals surface area contributed by atoms with Gasteiger partial charge in [0, 0.05) is 17.3 Å². The Morgan fingerprint density at radius 1 is 1.38 bits per heavy atom. The van der Waals surface area contributed by atoms with Crippen LogP contribution in [0.25, 0.3) is 0 Å². The van der Waals surface area contributed by atoms with Crippen LogP contribution in [0.1, 0.15) is 39.2 Å². The molecular formula is C16H20N2O3. The molecule has 1 aliphatic carbocycles. The molecule has 1 N–H and O–H groups in total. The van der Waals surface area contributed by atoms with Gasteiger partial charge in [-0.3, -0.25) is 5.32 Å².